The second-order valence-corrected chi connectivity index (χ2v) is 8.01. The molecule has 0 bridgehead atoms. The van der Waals surface area contributed by atoms with Crippen molar-refractivity contribution in [3.63, 3.8) is 0 Å². The van der Waals surface area contributed by atoms with Gasteiger partial charge >= 0.3 is 0 Å². The Morgan fingerprint density at radius 3 is 2.77 bits per heavy atom. The standard InChI is InChI=1S/C23H21N7/c1-30(14-10-13(24)11-14)23-16-6-8-25-12-19(16)28-21(29-23)17-7-9-26-22-20(17)15-4-2-3-5-18(15)27-22/h2-9,12-14H,10-11,24H2,1H3,(H,26,27). The van der Waals surface area contributed by atoms with E-state index in [2.05, 4.69) is 39.0 Å². The van der Waals surface area contributed by atoms with E-state index in [-0.39, 0.29) is 6.04 Å². The minimum Gasteiger partial charge on any atom is -0.356 e. The molecule has 1 aliphatic carbocycles. The van der Waals surface area contributed by atoms with Crippen molar-refractivity contribution in [2.75, 3.05) is 11.9 Å². The van der Waals surface area contributed by atoms with Gasteiger partial charge in [0.2, 0.25) is 0 Å². The summed E-state index contributed by atoms with van der Waals surface area (Å²) in [5.74, 6) is 1.59. The number of aromatic amines is 1. The molecule has 7 heteroatoms. The van der Waals surface area contributed by atoms with E-state index >= 15 is 0 Å². The second-order valence-electron chi connectivity index (χ2n) is 8.01. The lowest BCUT2D eigenvalue weighted by Crippen LogP contribution is -2.49. The smallest absolute Gasteiger partial charge is 0.163 e. The zero-order chi connectivity index (χ0) is 20.2. The van der Waals surface area contributed by atoms with E-state index in [9.17, 15) is 0 Å². The van der Waals surface area contributed by atoms with E-state index in [0.29, 0.717) is 11.9 Å². The average molecular weight is 395 g/mol. The van der Waals surface area contributed by atoms with Crippen LogP contribution in [0, 0.1) is 0 Å². The molecule has 0 spiro atoms. The predicted molar refractivity (Wildman–Crippen MR) is 119 cm³/mol. The normalized spacial score (nSPS) is 18.7. The van der Waals surface area contributed by atoms with Gasteiger partial charge in [0.05, 0.1) is 11.7 Å². The molecule has 3 N–H and O–H groups in total. The zero-order valence-electron chi connectivity index (χ0n) is 16.6. The third kappa shape index (κ3) is 2.55. The molecule has 0 unspecified atom stereocenters. The number of benzene rings is 1. The molecular weight excluding hydrogens is 374 g/mol. The molecule has 0 amide bonds. The number of nitrogens with zero attached hydrogens (tertiary/aromatic N) is 5. The quantitative estimate of drug-likeness (QED) is 0.484. The summed E-state index contributed by atoms with van der Waals surface area (Å²) in [6.07, 6.45) is 7.35. The molecule has 5 aromatic rings. The first-order valence-corrected chi connectivity index (χ1v) is 10.1. The van der Waals surface area contributed by atoms with E-state index in [1.807, 2.05) is 24.3 Å². The van der Waals surface area contributed by atoms with Gasteiger partial charge in [-0.3, -0.25) is 4.98 Å². The number of anilines is 1. The van der Waals surface area contributed by atoms with Crippen molar-refractivity contribution in [1.82, 2.24) is 24.9 Å². The Balaban J connectivity index is 1.60. The fraction of sp³-hybridized carbons (Fsp3) is 0.217. The monoisotopic (exact) mass is 395 g/mol. The summed E-state index contributed by atoms with van der Waals surface area (Å²) in [5, 5.41) is 3.15. The number of rotatable bonds is 3. The van der Waals surface area contributed by atoms with E-state index in [1.54, 1.807) is 18.6 Å². The summed E-state index contributed by atoms with van der Waals surface area (Å²) in [6, 6.07) is 12.9. The van der Waals surface area contributed by atoms with Crippen LogP contribution in [0.5, 0.6) is 0 Å². The average Bonchev–Trinajstić information content (AvgIpc) is 3.14. The predicted octanol–water partition coefficient (Wildman–Crippen LogP) is 3.65. The highest BCUT2D eigenvalue weighted by atomic mass is 15.2. The molecule has 30 heavy (non-hydrogen) atoms. The highest BCUT2D eigenvalue weighted by molar-refractivity contribution is 6.12. The SMILES string of the molecule is CN(c1nc(-c2ccnc3[nH]c4ccccc4c23)nc2cnccc12)C1CC(N)C1. The lowest BCUT2D eigenvalue weighted by molar-refractivity contribution is 0.339. The molecule has 1 aliphatic rings. The molecular formula is C23H21N7. The van der Waals surface area contributed by atoms with Crippen LogP contribution < -0.4 is 10.6 Å². The van der Waals surface area contributed by atoms with Crippen molar-refractivity contribution in [3.8, 4) is 11.4 Å². The highest BCUT2D eigenvalue weighted by Crippen LogP contribution is 2.36. The first-order chi connectivity index (χ1) is 14.7. The molecule has 0 aliphatic heterocycles. The van der Waals surface area contributed by atoms with E-state index in [1.165, 1.54) is 0 Å². The minimum absolute atomic E-state index is 0.276. The van der Waals surface area contributed by atoms with Crippen molar-refractivity contribution in [2.24, 2.45) is 5.73 Å². The van der Waals surface area contributed by atoms with Crippen molar-refractivity contribution < 1.29 is 0 Å². The summed E-state index contributed by atoms with van der Waals surface area (Å²) < 4.78 is 0. The van der Waals surface area contributed by atoms with Gasteiger partial charge in [-0.2, -0.15) is 0 Å². The molecule has 4 heterocycles. The number of hydrogen-bond donors (Lipinski definition) is 2. The summed E-state index contributed by atoms with van der Waals surface area (Å²) >= 11 is 0. The molecule has 1 fully saturated rings. The first kappa shape index (κ1) is 17.3. The van der Waals surface area contributed by atoms with Crippen LogP contribution in [0.1, 0.15) is 12.8 Å². The third-order valence-electron chi connectivity index (χ3n) is 6.15. The van der Waals surface area contributed by atoms with Gasteiger partial charge in [0.1, 0.15) is 11.5 Å². The van der Waals surface area contributed by atoms with Gasteiger partial charge in [-0.25, -0.2) is 15.0 Å². The molecule has 0 saturated heterocycles. The second kappa shape index (κ2) is 6.47. The van der Waals surface area contributed by atoms with Gasteiger partial charge in [0.25, 0.3) is 0 Å². The van der Waals surface area contributed by atoms with Crippen LogP contribution in [0.25, 0.3) is 44.2 Å². The van der Waals surface area contributed by atoms with E-state index in [0.717, 1.165) is 57.1 Å². The van der Waals surface area contributed by atoms with Crippen LogP contribution >= 0.6 is 0 Å². The summed E-state index contributed by atoms with van der Waals surface area (Å²) in [7, 11) is 2.09. The Labute approximate surface area is 173 Å². The van der Waals surface area contributed by atoms with Gasteiger partial charge in [0.15, 0.2) is 5.82 Å². The molecule has 0 atom stereocenters. The molecule has 0 radical (unpaired) electrons. The number of nitrogens with one attached hydrogen (secondary N) is 1. The van der Waals surface area contributed by atoms with Crippen LogP contribution in [-0.2, 0) is 0 Å². The Morgan fingerprint density at radius 1 is 1.03 bits per heavy atom. The summed E-state index contributed by atoms with van der Waals surface area (Å²) in [6.45, 7) is 0. The maximum absolute atomic E-state index is 6.04. The summed E-state index contributed by atoms with van der Waals surface area (Å²) in [5.41, 5.74) is 9.72. The fourth-order valence-corrected chi connectivity index (χ4v) is 4.43. The van der Waals surface area contributed by atoms with Gasteiger partial charge < -0.3 is 15.6 Å². The molecule has 4 aromatic heterocycles. The number of pyridine rings is 2. The van der Waals surface area contributed by atoms with E-state index in [4.69, 9.17) is 15.7 Å². The van der Waals surface area contributed by atoms with Crippen LogP contribution in [0.4, 0.5) is 5.82 Å². The van der Waals surface area contributed by atoms with Gasteiger partial charge in [0, 0.05) is 58.8 Å². The Bertz CT molecular complexity index is 1400. The van der Waals surface area contributed by atoms with Crippen molar-refractivity contribution >= 4 is 38.7 Å². The Hall–Kier alpha value is -3.58. The largest absolute Gasteiger partial charge is 0.356 e. The van der Waals surface area contributed by atoms with Crippen LogP contribution in [-0.4, -0.2) is 44.1 Å². The molecule has 1 saturated carbocycles. The number of fused-ring (bicyclic) bond motifs is 4. The lowest BCUT2D eigenvalue weighted by atomic mass is 9.86. The highest BCUT2D eigenvalue weighted by Gasteiger charge is 2.31. The zero-order valence-corrected chi connectivity index (χ0v) is 16.6. The first-order valence-electron chi connectivity index (χ1n) is 10.1. The number of hydrogen-bond acceptors (Lipinski definition) is 6. The van der Waals surface area contributed by atoms with E-state index < -0.39 is 0 Å². The number of para-hydroxylation sites is 1. The molecule has 148 valence electrons. The van der Waals surface area contributed by atoms with Crippen molar-refractivity contribution in [2.45, 2.75) is 24.9 Å². The fourth-order valence-electron chi connectivity index (χ4n) is 4.43. The Kier molecular flexibility index (Phi) is 3.73. The van der Waals surface area contributed by atoms with Crippen LogP contribution in [0.3, 0.4) is 0 Å². The van der Waals surface area contributed by atoms with Gasteiger partial charge in [-0.05, 0) is 31.0 Å². The minimum atomic E-state index is 0.276. The molecule has 1 aromatic carbocycles. The van der Waals surface area contributed by atoms with Gasteiger partial charge in [-0.1, -0.05) is 18.2 Å². The number of aromatic nitrogens is 5. The lowest BCUT2D eigenvalue weighted by Gasteiger charge is -2.40. The molecule has 7 nitrogen and oxygen atoms in total. The van der Waals surface area contributed by atoms with Crippen LogP contribution in [0.15, 0.2) is 55.0 Å². The van der Waals surface area contributed by atoms with Crippen LogP contribution in [0.2, 0.25) is 0 Å². The topological polar surface area (TPSA) is 96.6 Å². The van der Waals surface area contributed by atoms with Crippen molar-refractivity contribution in [3.05, 3.63) is 55.0 Å². The van der Waals surface area contributed by atoms with Gasteiger partial charge in [-0.15, -0.1) is 0 Å². The maximum Gasteiger partial charge on any atom is 0.163 e. The third-order valence-corrected chi connectivity index (χ3v) is 6.15. The molecule has 6 rings (SSSR count). The number of H-pyrrole nitrogens is 1. The number of nitrogens with two attached hydrogens (primary N) is 1. The maximum atomic E-state index is 6.04. The van der Waals surface area contributed by atoms with Crippen molar-refractivity contribution in [1.29, 1.82) is 0 Å². The summed E-state index contributed by atoms with van der Waals surface area (Å²) in [4.78, 5) is 24.4. The Morgan fingerprint density at radius 2 is 1.90 bits per heavy atom.